The van der Waals surface area contributed by atoms with Gasteiger partial charge in [0.1, 0.15) is 0 Å². The third-order valence-electron chi connectivity index (χ3n) is 3.35. The zero-order valence-electron chi connectivity index (χ0n) is 13.9. The third kappa shape index (κ3) is 4.74. The molecule has 1 aromatic carbocycles. The zero-order valence-corrected chi connectivity index (χ0v) is 14.7. The van der Waals surface area contributed by atoms with Crippen LogP contribution in [0, 0.1) is 0 Å². The molecule has 0 fully saturated rings. The molecule has 25 heavy (non-hydrogen) atoms. The first-order valence-electron chi connectivity index (χ1n) is 7.66. The Kier molecular flexibility index (Phi) is 5.20. The maximum absolute atomic E-state index is 12.2. The lowest BCUT2D eigenvalue weighted by molar-refractivity contribution is -0.115. The summed E-state index contributed by atoms with van der Waals surface area (Å²) in [6.45, 7) is 0. The number of amides is 1. The Morgan fingerprint density at radius 3 is 2.56 bits per heavy atom. The largest absolute Gasteiger partial charge is 0.378 e. The summed E-state index contributed by atoms with van der Waals surface area (Å²) in [7, 11) is 3.95. The van der Waals surface area contributed by atoms with Crippen molar-refractivity contribution in [1.82, 2.24) is 15.0 Å². The second-order valence-corrected chi connectivity index (χ2v) is 6.37. The van der Waals surface area contributed by atoms with E-state index in [2.05, 4.69) is 25.6 Å². The minimum Gasteiger partial charge on any atom is -0.378 e. The molecule has 2 N–H and O–H groups in total. The summed E-state index contributed by atoms with van der Waals surface area (Å²) >= 11 is 1.41. The number of rotatable bonds is 6. The standard InChI is InChI=1S/C17H18N6OS/c1-23(2)14-6-4-12(5-7-14)20-15(24)10-13-11-25-17(21-13)22-16-18-8-3-9-19-16/h3-9,11H,10H2,1-2H3,(H,20,24)(H,18,19,21,22). The van der Waals surface area contributed by atoms with Crippen molar-refractivity contribution in [2.24, 2.45) is 0 Å². The number of hydrogen-bond acceptors (Lipinski definition) is 7. The highest BCUT2D eigenvalue weighted by Crippen LogP contribution is 2.19. The number of anilines is 4. The van der Waals surface area contributed by atoms with E-state index >= 15 is 0 Å². The maximum atomic E-state index is 12.2. The predicted octanol–water partition coefficient (Wildman–Crippen LogP) is 2.92. The van der Waals surface area contributed by atoms with Crippen LogP contribution in [-0.4, -0.2) is 35.0 Å². The quantitative estimate of drug-likeness (QED) is 0.708. The molecule has 0 aliphatic heterocycles. The smallest absolute Gasteiger partial charge is 0.230 e. The summed E-state index contributed by atoms with van der Waals surface area (Å²) in [5.41, 5.74) is 2.55. The molecule has 0 saturated heterocycles. The highest BCUT2D eigenvalue weighted by atomic mass is 32.1. The Hall–Kier alpha value is -3.00. The highest BCUT2D eigenvalue weighted by Gasteiger charge is 2.09. The zero-order chi connectivity index (χ0) is 17.6. The molecule has 0 spiro atoms. The van der Waals surface area contributed by atoms with Gasteiger partial charge < -0.3 is 15.5 Å². The SMILES string of the molecule is CN(C)c1ccc(NC(=O)Cc2csc(Nc3ncccn3)n2)cc1. The summed E-state index contributed by atoms with van der Waals surface area (Å²) in [4.78, 5) is 26.7. The number of hydrogen-bond donors (Lipinski definition) is 2. The maximum Gasteiger partial charge on any atom is 0.230 e. The van der Waals surface area contributed by atoms with Crippen molar-refractivity contribution in [1.29, 1.82) is 0 Å². The molecule has 7 nitrogen and oxygen atoms in total. The van der Waals surface area contributed by atoms with Crippen LogP contribution in [-0.2, 0) is 11.2 Å². The molecule has 3 aromatic rings. The van der Waals surface area contributed by atoms with Gasteiger partial charge in [0.2, 0.25) is 11.9 Å². The summed E-state index contributed by atoms with van der Waals surface area (Å²) in [5.74, 6) is 0.374. The first-order valence-corrected chi connectivity index (χ1v) is 8.54. The lowest BCUT2D eigenvalue weighted by Gasteiger charge is -2.12. The normalized spacial score (nSPS) is 10.3. The van der Waals surface area contributed by atoms with Gasteiger partial charge >= 0.3 is 0 Å². The molecule has 0 aliphatic carbocycles. The van der Waals surface area contributed by atoms with Gasteiger partial charge in [0.25, 0.3) is 0 Å². The molecular weight excluding hydrogens is 336 g/mol. The molecule has 0 atom stereocenters. The molecule has 2 aromatic heterocycles. The average Bonchev–Trinajstić information content (AvgIpc) is 3.03. The number of nitrogens with zero attached hydrogens (tertiary/aromatic N) is 4. The van der Waals surface area contributed by atoms with E-state index in [9.17, 15) is 4.79 Å². The molecule has 8 heteroatoms. The van der Waals surface area contributed by atoms with E-state index in [0.717, 1.165) is 11.4 Å². The van der Waals surface area contributed by atoms with Crippen molar-refractivity contribution in [3.8, 4) is 0 Å². The minimum absolute atomic E-state index is 0.106. The lowest BCUT2D eigenvalue weighted by atomic mass is 10.2. The van der Waals surface area contributed by atoms with Crippen LogP contribution in [0.5, 0.6) is 0 Å². The summed E-state index contributed by atoms with van der Waals surface area (Å²) in [6, 6.07) is 9.43. The van der Waals surface area contributed by atoms with Crippen molar-refractivity contribution in [3.05, 3.63) is 53.8 Å². The first kappa shape index (κ1) is 16.8. The van der Waals surface area contributed by atoms with Crippen LogP contribution in [0.15, 0.2) is 48.1 Å². The number of thiazole rings is 1. The van der Waals surface area contributed by atoms with E-state index in [1.807, 2.05) is 48.6 Å². The predicted molar refractivity (Wildman–Crippen MR) is 101 cm³/mol. The number of benzene rings is 1. The van der Waals surface area contributed by atoms with E-state index in [-0.39, 0.29) is 12.3 Å². The average molecular weight is 354 g/mol. The Morgan fingerprint density at radius 2 is 1.88 bits per heavy atom. The third-order valence-corrected chi connectivity index (χ3v) is 4.15. The van der Waals surface area contributed by atoms with Gasteiger partial charge in [-0.25, -0.2) is 15.0 Å². The molecular formula is C17H18N6OS. The Bertz CT molecular complexity index is 832. The van der Waals surface area contributed by atoms with Crippen LogP contribution in [0.1, 0.15) is 5.69 Å². The minimum atomic E-state index is -0.106. The lowest BCUT2D eigenvalue weighted by Crippen LogP contribution is -2.15. The molecule has 1 amide bonds. The van der Waals surface area contributed by atoms with Gasteiger partial charge in [0.15, 0.2) is 5.13 Å². The van der Waals surface area contributed by atoms with Crippen molar-refractivity contribution < 1.29 is 4.79 Å². The van der Waals surface area contributed by atoms with E-state index in [4.69, 9.17) is 0 Å². The summed E-state index contributed by atoms with van der Waals surface area (Å²) < 4.78 is 0. The fourth-order valence-electron chi connectivity index (χ4n) is 2.12. The number of carbonyl (C=O) groups is 1. The van der Waals surface area contributed by atoms with Crippen molar-refractivity contribution >= 4 is 39.7 Å². The van der Waals surface area contributed by atoms with E-state index in [0.29, 0.717) is 16.8 Å². The molecule has 0 unspecified atom stereocenters. The van der Waals surface area contributed by atoms with Crippen molar-refractivity contribution in [2.45, 2.75) is 6.42 Å². The molecule has 3 rings (SSSR count). The number of nitrogens with one attached hydrogen (secondary N) is 2. The van der Waals surface area contributed by atoms with Gasteiger partial charge in [0.05, 0.1) is 12.1 Å². The Balaban J connectivity index is 1.56. The second kappa shape index (κ2) is 7.71. The monoisotopic (exact) mass is 354 g/mol. The van der Waals surface area contributed by atoms with Crippen LogP contribution in [0.4, 0.5) is 22.5 Å². The van der Waals surface area contributed by atoms with Crippen molar-refractivity contribution in [2.75, 3.05) is 29.6 Å². The Labute approximate surface area is 149 Å². The van der Waals surface area contributed by atoms with Gasteiger partial charge in [-0.1, -0.05) is 0 Å². The van der Waals surface area contributed by atoms with E-state index < -0.39 is 0 Å². The van der Waals surface area contributed by atoms with Gasteiger partial charge in [-0.15, -0.1) is 11.3 Å². The molecule has 128 valence electrons. The van der Waals surface area contributed by atoms with Crippen LogP contribution >= 0.6 is 11.3 Å². The Morgan fingerprint density at radius 1 is 1.16 bits per heavy atom. The van der Waals surface area contributed by atoms with Gasteiger partial charge in [-0.05, 0) is 30.3 Å². The van der Waals surface area contributed by atoms with E-state index in [1.165, 1.54) is 11.3 Å². The van der Waals surface area contributed by atoms with Crippen LogP contribution in [0.25, 0.3) is 0 Å². The summed E-state index contributed by atoms with van der Waals surface area (Å²) in [6.07, 6.45) is 3.51. The molecule has 0 radical (unpaired) electrons. The first-order chi connectivity index (χ1) is 12.1. The van der Waals surface area contributed by atoms with Crippen molar-refractivity contribution in [3.63, 3.8) is 0 Å². The topological polar surface area (TPSA) is 83.0 Å². The van der Waals surface area contributed by atoms with Gasteiger partial charge in [0, 0.05) is 43.2 Å². The highest BCUT2D eigenvalue weighted by molar-refractivity contribution is 7.13. The van der Waals surface area contributed by atoms with Crippen LogP contribution < -0.4 is 15.5 Å². The number of aromatic nitrogens is 3. The van der Waals surface area contributed by atoms with Crippen LogP contribution in [0.2, 0.25) is 0 Å². The van der Waals surface area contributed by atoms with Crippen LogP contribution in [0.3, 0.4) is 0 Å². The van der Waals surface area contributed by atoms with E-state index in [1.54, 1.807) is 18.5 Å². The molecule has 0 saturated carbocycles. The summed E-state index contributed by atoms with van der Waals surface area (Å²) in [5, 5.41) is 8.39. The molecule has 0 bridgehead atoms. The molecule has 2 heterocycles. The van der Waals surface area contributed by atoms with Gasteiger partial charge in [-0.3, -0.25) is 4.79 Å². The fourth-order valence-corrected chi connectivity index (χ4v) is 2.82. The number of carbonyl (C=O) groups excluding carboxylic acids is 1. The second-order valence-electron chi connectivity index (χ2n) is 5.51. The van der Waals surface area contributed by atoms with Gasteiger partial charge in [-0.2, -0.15) is 0 Å². The molecule has 0 aliphatic rings. The fraction of sp³-hybridized carbons (Fsp3) is 0.176.